The van der Waals surface area contributed by atoms with Crippen molar-refractivity contribution in [1.29, 1.82) is 0 Å². The third-order valence-corrected chi connectivity index (χ3v) is 1.65. The minimum absolute atomic E-state index is 0. The lowest BCUT2D eigenvalue weighted by Crippen LogP contribution is -2.20. The number of halogens is 1. The Kier molecular flexibility index (Phi) is 5.11. The fraction of sp³-hybridized carbons (Fsp3) is 0.222. The van der Waals surface area contributed by atoms with E-state index in [0.29, 0.717) is 0 Å². The number of primary amides is 1. The van der Waals surface area contributed by atoms with Gasteiger partial charge in [-0.15, -0.1) is 12.4 Å². The van der Waals surface area contributed by atoms with Gasteiger partial charge >= 0.3 is 0 Å². The lowest BCUT2D eigenvalue weighted by atomic mass is 10.1. The smallest absolute Gasteiger partial charge is 0.219 e. The number of nitrogens with two attached hydrogens (primary N) is 2. The predicted octanol–water partition coefficient (Wildman–Crippen LogP) is 0.984. The zero-order valence-electron chi connectivity index (χ0n) is 7.14. The van der Waals surface area contributed by atoms with Crippen LogP contribution < -0.4 is 11.5 Å². The molecule has 0 spiro atoms. The molecule has 0 radical (unpaired) electrons. The van der Waals surface area contributed by atoms with E-state index in [-0.39, 0.29) is 30.8 Å². The second kappa shape index (κ2) is 5.56. The molecule has 1 aromatic carbocycles. The molecule has 0 fully saturated rings. The molecule has 1 atom stereocenters. The second-order valence-electron chi connectivity index (χ2n) is 2.69. The Morgan fingerprint density at radius 3 is 2.31 bits per heavy atom. The third kappa shape index (κ3) is 3.92. The van der Waals surface area contributed by atoms with Crippen molar-refractivity contribution >= 4 is 18.3 Å². The van der Waals surface area contributed by atoms with Crippen molar-refractivity contribution in [2.45, 2.75) is 12.5 Å². The minimum atomic E-state index is -0.369. The first-order valence-corrected chi connectivity index (χ1v) is 3.79. The maximum Gasteiger partial charge on any atom is 0.219 e. The topological polar surface area (TPSA) is 69.1 Å². The molecule has 0 aliphatic rings. The molecule has 1 amide bonds. The quantitative estimate of drug-likeness (QED) is 0.764. The molecule has 1 aromatic rings. The zero-order valence-corrected chi connectivity index (χ0v) is 7.96. The van der Waals surface area contributed by atoms with E-state index in [9.17, 15) is 4.79 Å². The van der Waals surface area contributed by atoms with Gasteiger partial charge in [0.1, 0.15) is 0 Å². The van der Waals surface area contributed by atoms with E-state index in [2.05, 4.69) is 0 Å². The van der Waals surface area contributed by atoms with Crippen LogP contribution in [0.1, 0.15) is 18.0 Å². The molecule has 4 N–H and O–H groups in total. The van der Waals surface area contributed by atoms with Crippen LogP contribution in [0.2, 0.25) is 0 Å². The second-order valence-corrected chi connectivity index (χ2v) is 2.69. The Morgan fingerprint density at radius 1 is 1.31 bits per heavy atom. The first-order chi connectivity index (χ1) is 5.70. The summed E-state index contributed by atoms with van der Waals surface area (Å²) >= 11 is 0. The lowest BCUT2D eigenvalue weighted by molar-refractivity contribution is -0.118. The van der Waals surface area contributed by atoms with E-state index < -0.39 is 0 Å². The third-order valence-electron chi connectivity index (χ3n) is 1.65. The molecule has 0 aromatic heterocycles. The first-order valence-electron chi connectivity index (χ1n) is 3.79. The number of carbonyl (C=O) groups excluding carboxylic acids is 1. The molecular weight excluding hydrogens is 188 g/mol. The van der Waals surface area contributed by atoms with Gasteiger partial charge in [-0.2, -0.15) is 0 Å². The summed E-state index contributed by atoms with van der Waals surface area (Å²) in [4.78, 5) is 10.5. The van der Waals surface area contributed by atoms with Crippen molar-refractivity contribution in [3.8, 4) is 0 Å². The maximum atomic E-state index is 10.5. The summed E-state index contributed by atoms with van der Waals surface area (Å²) in [5, 5.41) is 0. The monoisotopic (exact) mass is 200 g/mol. The number of hydrogen-bond donors (Lipinski definition) is 2. The zero-order chi connectivity index (χ0) is 8.97. The standard InChI is InChI=1S/C9H12N2O.ClH/c10-8(6-9(11)12)7-4-2-1-3-5-7;/h1-5,8H,6,10H2,(H2,11,12);1H/t8-;/m1./s1. The van der Waals surface area contributed by atoms with Crippen molar-refractivity contribution < 1.29 is 4.79 Å². The minimum Gasteiger partial charge on any atom is -0.370 e. The summed E-state index contributed by atoms with van der Waals surface area (Å²) in [5.41, 5.74) is 11.6. The highest BCUT2D eigenvalue weighted by Crippen LogP contribution is 2.11. The molecule has 0 aliphatic carbocycles. The molecule has 72 valence electrons. The van der Waals surface area contributed by atoms with Crippen LogP contribution in [0.15, 0.2) is 30.3 Å². The van der Waals surface area contributed by atoms with Crippen LogP contribution in [0.3, 0.4) is 0 Å². The number of rotatable bonds is 3. The largest absolute Gasteiger partial charge is 0.370 e. The van der Waals surface area contributed by atoms with Gasteiger partial charge in [0.25, 0.3) is 0 Å². The Bertz CT molecular complexity index is 264. The Hall–Kier alpha value is -1.06. The fourth-order valence-corrected chi connectivity index (χ4v) is 1.03. The number of benzene rings is 1. The molecule has 1 rings (SSSR count). The molecular formula is C9H13ClN2O. The number of hydrogen-bond acceptors (Lipinski definition) is 2. The average molecular weight is 201 g/mol. The van der Waals surface area contributed by atoms with Crippen LogP contribution >= 0.6 is 12.4 Å². The average Bonchev–Trinajstić information content (AvgIpc) is 2.05. The normalized spacial score (nSPS) is 11.5. The van der Waals surface area contributed by atoms with Crippen molar-refractivity contribution in [3.63, 3.8) is 0 Å². The van der Waals surface area contributed by atoms with Gasteiger partial charge in [-0.05, 0) is 5.56 Å². The van der Waals surface area contributed by atoms with E-state index in [1.165, 1.54) is 0 Å². The maximum absolute atomic E-state index is 10.5. The van der Waals surface area contributed by atoms with Crippen LogP contribution in [0.25, 0.3) is 0 Å². The summed E-state index contributed by atoms with van der Waals surface area (Å²) in [6, 6.07) is 9.16. The van der Waals surface area contributed by atoms with E-state index in [1.54, 1.807) is 0 Å². The number of amides is 1. The van der Waals surface area contributed by atoms with Gasteiger partial charge in [-0.3, -0.25) is 4.79 Å². The Balaban J connectivity index is 0.00000144. The van der Waals surface area contributed by atoms with Crippen LogP contribution in [0, 0.1) is 0 Å². The van der Waals surface area contributed by atoms with Gasteiger partial charge in [-0.1, -0.05) is 30.3 Å². The Morgan fingerprint density at radius 2 is 1.85 bits per heavy atom. The summed E-state index contributed by atoms with van der Waals surface area (Å²) in [6.45, 7) is 0. The highest BCUT2D eigenvalue weighted by Gasteiger charge is 2.07. The molecule has 13 heavy (non-hydrogen) atoms. The van der Waals surface area contributed by atoms with Crippen LogP contribution in [0.5, 0.6) is 0 Å². The van der Waals surface area contributed by atoms with Crippen LogP contribution in [-0.2, 0) is 4.79 Å². The van der Waals surface area contributed by atoms with Crippen molar-refractivity contribution in [2.24, 2.45) is 11.5 Å². The molecule has 0 heterocycles. The van der Waals surface area contributed by atoms with Gasteiger partial charge in [0.15, 0.2) is 0 Å². The molecule has 4 heteroatoms. The Labute approximate surface area is 83.5 Å². The van der Waals surface area contributed by atoms with Crippen molar-refractivity contribution in [2.75, 3.05) is 0 Å². The first kappa shape index (κ1) is 11.9. The highest BCUT2D eigenvalue weighted by atomic mass is 35.5. The summed E-state index contributed by atoms with van der Waals surface area (Å²) in [5.74, 6) is -0.369. The number of carbonyl (C=O) groups is 1. The van der Waals surface area contributed by atoms with Crippen molar-refractivity contribution in [3.05, 3.63) is 35.9 Å². The van der Waals surface area contributed by atoms with Gasteiger partial charge in [-0.25, -0.2) is 0 Å². The molecule has 0 saturated carbocycles. The molecule has 0 bridgehead atoms. The van der Waals surface area contributed by atoms with Crippen LogP contribution in [0.4, 0.5) is 0 Å². The predicted molar refractivity (Wildman–Crippen MR) is 54.4 cm³/mol. The molecule has 0 unspecified atom stereocenters. The molecule has 0 aliphatic heterocycles. The van der Waals surface area contributed by atoms with E-state index in [1.807, 2.05) is 30.3 Å². The van der Waals surface area contributed by atoms with E-state index in [4.69, 9.17) is 11.5 Å². The lowest BCUT2D eigenvalue weighted by Gasteiger charge is -2.08. The highest BCUT2D eigenvalue weighted by molar-refractivity contribution is 5.85. The van der Waals surface area contributed by atoms with Gasteiger partial charge in [0.05, 0.1) is 0 Å². The summed E-state index contributed by atoms with van der Waals surface area (Å²) in [7, 11) is 0. The molecule has 3 nitrogen and oxygen atoms in total. The summed E-state index contributed by atoms with van der Waals surface area (Å²) in [6.07, 6.45) is 0.198. The summed E-state index contributed by atoms with van der Waals surface area (Å²) < 4.78 is 0. The fourth-order valence-electron chi connectivity index (χ4n) is 1.03. The van der Waals surface area contributed by atoms with Crippen LogP contribution in [-0.4, -0.2) is 5.91 Å². The van der Waals surface area contributed by atoms with E-state index >= 15 is 0 Å². The van der Waals surface area contributed by atoms with Gasteiger partial charge in [0, 0.05) is 12.5 Å². The molecule has 0 saturated heterocycles. The van der Waals surface area contributed by atoms with Crippen molar-refractivity contribution in [1.82, 2.24) is 0 Å². The van der Waals surface area contributed by atoms with E-state index in [0.717, 1.165) is 5.56 Å². The van der Waals surface area contributed by atoms with Gasteiger partial charge in [0.2, 0.25) is 5.91 Å². The SMILES string of the molecule is Cl.NC(=O)C[C@@H](N)c1ccccc1. The van der Waals surface area contributed by atoms with Gasteiger partial charge < -0.3 is 11.5 Å².